The highest BCUT2D eigenvalue weighted by molar-refractivity contribution is 9.10. The topological polar surface area (TPSA) is 21.7 Å². The average Bonchev–Trinajstić information content (AvgIpc) is 2.67. The van der Waals surface area contributed by atoms with Gasteiger partial charge in [0.25, 0.3) is 0 Å². The first-order valence-corrected chi connectivity index (χ1v) is 10.5. The number of hydrogen-bond donors (Lipinski definition) is 0. The van der Waals surface area contributed by atoms with Gasteiger partial charge in [-0.25, -0.2) is 0 Å². The SMILES string of the molecule is CCCCOc1ccc(N2c3ccc(Br)cc3Oc3cc(Br)ccc32)cc1. The zero-order valence-electron chi connectivity index (χ0n) is 14.9. The van der Waals surface area contributed by atoms with Gasteiger partial charge in [0.15, 0.2) is 11.5 Å². The van der Waals surface area contributed by atoms with Gasteiger partial charge in [-0.2, -0.15) is 0 Å². The Balaban J connectivity index is 1.73. The summed E-state index contributed by atoms with van der Waals surface area (Å²) >= 11 is 7.07. The molecule has 1 aliphatic heterocycles. The van der Waals surface area contributed by atoms with Crippen LogP contribution in [0.3, 0.4) is 0 Å². The largest absolute Gasteiger partial charge is 0.494 e. The predicted octanol–water partition coefficient (Wildman–Crippen LogP) is 7.97. The Labute approximate surface area is 176 Å². The fourth-order valence-electron chi connectivity index (χ4n) is 3.06. The third-order valence-corrected chi connectivity index (χ3v) is 5.39. The van der Waals surface area contributed by atoms with E-state index in [-0.39, 0.29) is 0 Å². The summed E-state index contributed by atoms with van der Waals surface area (Å²) in [6.45, 7) is 2.91. The van der Waals surface area contributed by atoms with E-state index in [9.17, 15) is 0 Å². The van der Waals surface area contributed by atoms with Crippen molar-refractivity contribution in [1.82, 2.24) is 0 Å². The van der Waals surface area contributed by atoms with Crippen molar-refractivity contribution < 1.29 is 9.47 Å². The van der Waals surface area contributed by atoms with E-state index in [0.29, 0.717) is 0 Å². The van der Waals surface area contributed by atoms with E-state index >= 15 is 0 Å². The molecule has 0 fully saturated rings. The number of ether oxygens (including phenoxy) is 2. The molecule has 0 spiro atoms. The molecule has 0 saturated carbocycles. The average molecular weight is 489 g/mol. The lowest BCUT2D eigenvalue weighted by molar-refractivity contribution is 0.309. The summed E-state index contributed by atoms with van der Waals surface area (Å²) < 4.78 is 13.9. The first-order chi connectivity index (χ1) is 13.2. The molecule has 0 atom stereocenters. The lowest BCUT2D eigenvalue weighted by Crippen LogP contribution is -2.15. The second-order valence-corrected chi connectivity index (χ2v) is 8.19. The molecule has 3 aromatic carbocycles. The highest BCUT2D eigenvalue weighted by Gasteiger charge is 2.26. The highest BCUT2D eigenvalue weighted by atomic mass is 79.9. The summed E-state index contributed by atoms with van der Waals surface area (Å²) in [5.74, 6) is 2.53. The quantitative estimate of drug-likeness (QED) is 0.266. The summed E-state index contributed by atoms with van der Waals surface area (Å²) in [7, 11) is 0. The Morgan fingerprint density at radius 3 is 2.00 bits per heavy atom. The van der Waals surface area contributed by atoms with Crippen molar-refractivity contribution >= 4 is 48.9 Å². The number of hydrogen-bond acceptors (Lipinski definition) is 3. The first-order valence-electron chi connectivity index (χ1n) is 8.95. The number of unbranched alkanes of at least 4 members (excludes halogenated alkanes) is 1. The molecule has 3 nitrogen and oxygen atoms in total. The van der Waals surface area contributed by atoms with Crippen LogP contribution in [0, 0.1) is 0 Å². The van der Waals surface area contributed by atoms with Gasteiger partial charge >= 0.3 is 0 Å². The van der Waals surface area contributed by atoms with Crippen molar-refractivity contribution in [2.75, 3.05) is 11.5 Å². The van der Waals surface area contributed by atoms with E-state index in [1.54, 1.807) is 0 Å². The zero-order chi connectivity index (χ0) is 18.8. The van der Waals surface area contributed by atoms with Crippen LogP contribution < -0.4 is 14.4 Å². The predicted molar refractivity (Wildman–Crippen MR) is 117 cm³/mol. The third-order valence-electron chi connectivity index (χ3n) is 4.41. The second-order valence-electron chi connectivity index (χ2n) is 6.36. The maximum atomic E-state index is 6.15. The molecule has 27 heavy (non-hydrogen) atoms. The van der Waals surface area contributed by atoms with Crippen LogP contribution in [0.15, 0.2) is 69.6 Å². The van der Waals surface area contributed by atoms with E-state index in [1.165, 1.54) is 0 Å². The molecule has 1 aliphatic rings. The maximum absolute atomic E-state index is 6.15. The summed E-state index contributed by atoms with van der Waals surface area (Å²) in [6, 6.07) is 20.4. The first kappa shape index (κ1) is 18.4. The monoisotopic (exact) mass is 487 g/mol. The van der Waals surface area contributed by atoms with E-state index in [1.807, 2.05) is 36.4 Å². The molecule has 138 valence electrons. The number of benzene rings is 3. The van der Waals surface area contributed by atoms with Crippen molar-refractivity contribution in [2.45, 2.75) is 19.8 Å². The standard InChI is InChI=1S/C22H19Br2NO2/c1-2-3-12-26-18-8-6-17(7-9-18)25-19-10-4-15(23)13-21(19)27-22-14-16(24)5-11-20(22)25/h4-11,13-14H,2-3,12H2,1H3. The molecule has 4 rings (SSSR count). The number of halogens is 2. The third kappa shape index (κ3) is 3.85. The number of rotatable bonds is 5. The maximum Gasteiger partial charge on any atom is 0.152 e. The molecule has 0 unspecified atom stereocenters. The molecular weight excluding hydrogens is 470 g/mol. The van der Waals surface area contributed by atoms with Gasteiger partial charge in [-0.15, -0.1) is 0 Å². The van der Waals surface area contributed by atoms with Crippen LogP contribution in [0.5, 0.6) is 17.2 Å². The summed E-state index contributed by atoms with van der Waals surface area (Å²) in [5.41, 5.74) is 3.08. The van der Waals surface area contributed by atoms with Gasteiger partial charge in [-0.1, -0.05) is 45.2 Å². The molecule has 0 amide bonds. The van der Waals surface area contributed by atoms with Gasteiger partial charge in [-0.3, -0.25) is 0 Å². The molecule has 1 heterocycles. The summed E-state index contributed by atoms with van der Waals surface area (Å²) in [4.78, 5) is 2.21. The molecule has 0 aliphatic carbocycles. The van der Waals surface area contributed by atoms with Crippen molar-refractivity contribution in [3.63, 3.8) is 0 Å². The minimum Gasteiger partial charge on any atom is -0.494 e. The van der Waals surface area contributed by atoms with Gasteiger partial charge < -0.3 is 14.4 Å². The van der Waals surface area contributed by atoms with E-state index in [4.69, 9.17) is 9.47 Å². The van der Waals surface area contributed by atoms with Gasteiger partial charge in [0.2, 0.25) is 0 Å². The smallest absolute Gasteiger partial charge is 0.152 e. The molecule has 0 bridgehead atoms. The van der Waals surface area contributed by atoms with Crippen LogP contribution in [0.2, 0.25) is 0 Å². The van der Waals surface area contributed by atoms with E-state index in [0.717, 1.165) is 62.7 Å². The van der Waals surface area contributed by atoms with Gasteiger partial charge in [-0.05, 0) is 67.1 Å². The van der Waals surface area contributed by atoms with Crippen LogP contribution in [0.1, 0.15) is 19.8 Å². The number of fused-ring (bicyclic) bond motifs is 2. The number of anilines is 3. The molecule has 5 heteroatoms. The normalized spacial score (nSPS) is 12.2. The number of nitrogens with zero attached hydrogens (tertiary/aromatic N) is 1. The minimum absolute atomic E-state index is 0.751. The van der Waals surface area contributed by atoms with Crippen LogP contribution in [0.25, 0.3) is 0 Å². The Kier molecular flexibility index (Phi) is 5.41. The minimum atomic E-state index is 0.751. The summed E-state index contributed by atoms with van der Waals surface area (Å²) in [5, 5.41) is 0. The van der Waals surface area contributed by atoms with Crippen molar-refractivity contribution in [2.24, 2.45) is 0 Å². The Morgan fingerprint density at radius 2 is 1.44 bits per heavy atom. The second kappa shape index (κ2) is 7.95. The zero-order valence-corrected chi connectivity index (χ0v) is 18.1. The Morgan fingerprint density at radius 1 is 0.852 bits per heavy atom. The van der Waals surface area contributed by atoms with Crippen molar-refractivity contribution in [3.8, 4) is 17.2 Å². The molecule has 3 aromatic rings. The van der Waals surface area contributed by atoms with E-state index < -0.39 is 0 Å². The Bertz CT molecular complexity index is 906. The molecule has 0 radical (unpaired) electrons. The van der Waals surface area contributed by atoms with Crippen LogP contribution in [-0.4, -0.2) is 6.61 Å². The lowest BCUT2D eigenvalue weighted by Gasteiger charge is -2.33. The molecule has 0 saturated heterocycles. The molecule has 0 aromatic heterocycles. The van der Waals surface area contributed by atoms with Crippen molar-refractivity contribution in [1.29, 1.82) is 0 Å². The van der Waals surface area contributed by atoms with Gasteiger partial charge in [0.05, 0.1) is 18.0 Å². The molecular formula is C22H19Br2NO2. The highest BCUT2D eigenvalue weighted by Crippen LogP contribution is 2.51. The Hall–Kier alpha value is -1.98. The van der Waals surface area contributed by atoms with Gasteiger partial charge in [0.1, 0.15) is 5.75 Å². The van der Waals surface area contributed by atoms with E-state index in [2.05, 4.69) is 67.9 Å². The fraction of sp³-hybridized carbons (Fsp3) is 0.182. The summed E-state index contributed by atoms with van der Waals surface area (Å²) in [6.07, 6.45) is 2.19. The van der Waals surface area contributed by atoms with Crippen LogP contribution in [-0.2, 0) is 0 Å². The fourth-order valence-corrected chi connectivity index (χ4v) is 3.74. The van der Waals surface area contributed by atoms with Crippen LogP contribution >= 0.6 is 31.9 Å². The van der Waals surface area contributed by atoms with Gasteiger partial charge in [0, 0.05) is 14.6 Å². The van der Waals surface area contributed by atoms with Crippen LogP contribution in [0.4, 0.5) is 17.1 Å². The van der Waals surface area contributed by atoms with Crippen molar-refractivity contribution in [3.05, 3.63) is 69.6 Å². The lowest BCUT2D eigenvalue weighted by atomic mass is 10.1. The molecule has 0 N–H and O–H groups in total.